The summed E-state index contributed by atoms with van der Waals surface area (Å²) in [5, 5.41) is 5.92. The van der Waals surface area contributed by atoms with E-state index in [-0.39, 0.29) is 0 Å². The van der Waals surface area contributed by atoms with E-state index in [0.717, 1.165) is 32.4 Å². The molecule has 0 saturated carbocycles. The molecule has 2 aliphatic carbocycles. The minimum absolute atomic E-state index is 1.01. The van der Waals surface area contributed by atoms with Gasteiger partial charge in [-0.05, 0) is 36.6 Å². The first kappa shape index (κ1) is 11.4. The van der Waals surface area contributed by atoms with Crippen molar-refractivity contribution in [3.8, 4) is 0 Å². The largest absolute Gasteiger partial charge is 0.313 e. The molecule has 0 fully saturated rings. The quantitative estimate of drug-likeness (QED) is 0.821. The Morgan fingerprint density at radius 3 is 3.26 bits per heavy atom. The summed E-state index contributed by atoms with van der Waals surface area (Å²) in [6, 6.07) is 0. The van der Waals surface area contributed by atoms with Crippen LogP contribution in [0.5, 0.6) is 0 Å². The van der Waals surface area contributed by atoms with Crippen molar-refractivity contribution in [2.75, 3.05) is 13.1 Å². The Bertz CT molecular complexity index is 731. The lowest BCUT2D eigenvalue weighted by molar-refractivity contribution is 0.690. The van der Waals surface area contributed by atoms with Crippen LogP contribution in [0.3, 0.4) is 0 Å². The van der Waals surface area contributed by atoms with Crippen molar-refractivity contribution in [3.63, 3.8) is 0 Å². The molecule has 0 radical (unpaired) electrons. The van der Waals surface area contributed by atoms with E-state index in [9.17, 15) is 0 Å². The van der Waals surface area contributed by atoms with Crippen molar-refractivity contribution < 1.29 is 0 Å². The molecule has 0 unspecified atom stereocenters. The number of allylic oxidation sites excluding steroid dienone is 4. The molecule has 0 aromatic carbocycles. The van der Waals surface area contributed by atoms with Crippen LogP contribution in [-0.2, 0) is 6.42 Å². The van der Waals surface area contributed by atoms with Crippen LogP contribution in [0.4, 0.5) is 0 Å². The van der Waals surface area contributed by atoms with Gasteiger partial charge in [-0.3, -0.25) is 0 Å². The number of nitrogens with one attached hydrogen (secondary N) is 1. The fourth-order valence-corrected chi connectivity index (χ4v) is 3.98. The molecule has 2 nitrogen and oxygen atoms in total. The zero-order chi connectivity index (χ0) is 12.7. The third-order valence-electron chi connectivity index (χ3n) is 3.84. The standard InChI is InChI=1S/C16H16N2S/c1-2-6-13-12(5-1)9-14-16(13)18-15(19-14)8-11-4-3-7-17-10-11/h1-2,4-5,9,17H,3,6-8,10H2. The molecule has 0 atom stereocenters. The van der Waals surface area contributed by atoms with Gasteiger partial charge in [0.1, 0.15) is 0 Å². The summed E-state index contributed by atoms with van der Waals surface area (Å²) < 4.78 is 1.35. The number of hydrogen-bond donors (Lipinski definition) is 1. The average molecular weight is 268 g/mol. The average Bonchev–Trinajstić information content (AvgIpc) is 2.97. The smallest absolute Gasteiger partial charge is 0.0979 e. The molecule has 2 heterocycles. The number of fused-ring (bicyclic) bond motifs is 2. The van der Waals surface area contributed by atoms with Crippen LogP contribution in [0.25, 0.3) is 11.6 Å². The second-order valence-corrected chi connectivity index (χ2v) is 6.32. The first-order valence-corrected chi connectivity index (χ1v) is 7.68. The maximum Gasteiger partial charge on any atom is 0.0979 e. The zero-order valence-corrected chi connectivity index (χ0v) is 11.6. The molecule has 3 heteroatoms. The molecule has 1 aliphatic heterocycles. The van der Waals surface area contributed by atoms with Gasteiger partial charge in [-0.1, -0.05) is 29.9 Å². The van der Waals surface area contributed by atoms with Gasteiger partial charge in [0.05, 0.1) is 14.9 Å². The second-order valence-electron chi connectivity index (χ2n) is 5.20. The normalized spacial score (nSPS) is 20.5. The number of thiazole rings is 1. The Morgan fingerprint density at radius 1 is 1.37 bits per heavy atom. The van der Waals surface area contributed by atoms with Crippen molar-refractivity contribution in [1.29, 1.82) is 0 Å². The summed E-state index contributed by atoms with van der Waals surface area (Å²) in [7, 11) is 0. The van der Waals surface area contributed by atoms with Crippen LogP contribution in [0.15, 0.2) is 35.5 Å². The molecule has 96 valence electrons. The highest BCUT2D eigenvalue weighted by Crippen LogP contribution is 2.23. The van der Waals surface area contributed by atoms with Gasteiger partial charge in [0.2, 0.25) is 0 Å². The first-order valence-electron chi connectivity index (χ1n) is 6.86. The lowest BCUT2D eigenvalue weighted by Gasteiger charge is -2.12. The van der Waals surface area contributed by atoms with Crippen LogP contribution < -0.4 is 15.2 Å². The van der Waals surface area contributed by atoms with E-state index in [2.05, 4.69) is 35.7 Å². The highest BCUT2D eigenvalue weighted by atomic mass is 32.1. The molecule has 4 rings (SSSR count). The van der Waals surface area contributed by atoms with E-state index >= 15 is 0 Å². The number of hydrogen-bond acceptors (Lipinski definition) is 3. The van der Waals surface area contributed by atoms with E-state index in [1.807, 2.05) is 11.3 Å². The molecular weight excluding hydrogens is 252 g/mol. The zero-order valence-electron chi connectivity index (χ0n) is 10.8. The summed E-state index contributed by atoms with van der Waals surface area (Å²) in [5.74, 6) is 0. The fraction of sp³-hybridized carbons (Fsp3) is 0.312. The van der Waals surface area contributed by atoms with E-state index in [4.69, 9.17) is 4.98 Å². The van der Waals surface area contributed by atoms with Crippen LogP contribution in [0.2, 0.25) is 0 Å². The van der Waals surface area contributed by atoms with Crippen molar-refractivity contribution in [2.45, 2.75) is 19.3 Å². The topological polar surface area (TPSA) is 24.9 Å². The Balaban J connectivity index is 1.69. The lowest BCUT2D eigenvalue weighted by Crippen LogP contribution is -2.23. The van der Waals surface area contributed by atoms with Crippen molar-refractivity contribution in [3.05, 3.63) is 50.3 Å². The molecule has 0 amide bonds. The van der Waals surface area contributed by atoms with Gasteiger partial charge < -0.3 is 5.32 Å². The summed E-state index contributed by atoms with van der Waals surface area (Å²) >= 11 is 1.86. The van der Waals surface area contributed by atoms with Gasteiger partial charge in [-0.2, -0.15) is 0 Å². The van der Waals surface area contributed by atoms with E-state index in [1.54, 1.807) is 0 Å². The molecule has 1 aromatic heterocycles. The Hall–Kier alpha value is -1.45. The molecule has 1 aromatic rings. The summed E-state index contributed by atoms with van der Waals surface area (Å²) in [4.78, 5) is 4.88. The van der Waals surface area contributed by atoms with Crippen LogP contribution in [-0.4, -0.2) is 18.1 Å². The number of aromatic nitrogens is 1. The second kappa shape index (κ2) is 4.58. The van der Waals surface area contributed by atoms with E-state index in [1.165, 1.54) is 31.6 Å². The van der Waals surface area contributed by atoms with Crippen LogP contribution in [0, 0.1) is 0 Å². The van der Waals surface area contributed by atoms with Crippen LogP contribution >= 0.6 is 11.3 Å². The number of nitrogens with zero attached hydrogens (tertiary/aromatic N) is 1. The Labute approximate surface area is 116 Å². The van der Waals surface area contributed by atoms with E-state index in [0.29, 0.717) is 0 Å². The first-order chi connectivity index (χ1) is 9.40. The maximum atomic E-state index is 4.88. The van der Waals surface area contributed by atoms with Gasteiger partial charge in [-0.25, -0.2) is 4.98 Å². The predicted octanol–water partition coefficient (Wildman–Crippen LogP) is 1.44. The van der Waals surface area contributed by atoms with Gasteiger partial charge in [0.15, 0.2) is 0 Å². The Kier molecular flexibility index (Phi) is 2.75. The summed E-state index contributed by atoms with van der Waals surface area (Å²) in [6.07, 6.45) is 14.4. The predicted molar refractivity (Wildman–Crippen MR) is 80.4 cm³/mol. The van der Waals surface area contributed by atoms with Gasteiger partial charge in [0.25, 0.3) is 0 Å². The van der Waals surface area contributed by atoms with Crippen molar-refractivity contribution in [1.82, 2.24) is 10.3 Å². The fourth-order valence-electron chi connectivity index (χ4n) is 2.88. The van der Waals surface area contributed by atoms with Crippen LogP contribution in [0.1, 0.15) is 17.8 Å². The van der Waals surface area contributed by atoms with E-state index < -0.39 is 0 Å². The highest BCUT2D eigenvalue weighted by molar-refractivity contribution is 7.09. The minimum Gasteiger partial charge on any atom is -0.313 e. The molecular formula is C16H16N2S. The number of rotatable bonds is 2. The monoisotopic (exact) mass is 268 g/mol. The molecule has 0 spiro atoms. The highest BCUT2D eigenvalue weighted by Gasteiger charge is 2.16. The van der Waals surface area contributed by atoms with Gasteiger partial charge >= 0.3 is 0 Å². The third-order valence-corrected chi connectivity index (χ3v) is 4.84. The SMILES string of the molecule is C1=CCC2=c3nc(CC4=CCCNC4)sc3=CC2=C1. The molecule has 0 bridgehead atoms. The van der Waals surface area contributed by atoms with Gasteiger partial charge in [0, 0.05) is 13.0 Å². The molecule has 19 heavy (non-hydrogen) atoms. The molecule has 1 N–H and O–H groups in total. The third kappa shape index (κ3) is 2.03. The molecule has 3 aliphatic rings. The maximum absolute atomic E-state index is 4.88. The Morgan fingerprint density at radius 2 is 2.37 bits per heavy atom. The summed E-state index contributed by atoms with van der Waals surface area (Å²) in [6.45, 7) is 2.14. The minimum atomic E-state index is 1.01. The molecule has 0 saturated heterocycles. The van der Waals surface area contributed by atoms with Gasteiger partial charge in [-0.15, -0.1) is 11.3 Å². The van der Waals surface area contributed by atoms with Crippen molar-refractivity contribution in [2.24, 2.45) is 0 Å². The lowest BCUT2D eigenvalue weighted by atomic mass is 10.0. The van der Waals surface area contributed by atoms with Crippen molar-refractivity contribution >= 4 is 23.0 Å². The summed E-state index contributed by atoms with van der Waals surface area (Å²) in [5.41, 5.74) is 4.26.